The summed E-state index contributed by atoms with van der Waals surface area (Å²) in [6.07, 6.45) is -1.24. The molecule has 214 valence electrons. The van der Waals surface area contributed by atoms with E-state index in [1.54, 1.807) is 0 Å². The van der Waals surface area contributed by atoms with Crippen LogP contribution in [-0.2, 0) is 18.9 Å². The summed E-state index contributed by atoms with van der Waals surface area (Å²) >= 11 is 0. The average molecular weight is 525 g/mol. The average Bonchev–Trinajstić information content (AvgIpc) is 2.88. The van der Waals surface area contributed by atoms with Crippen LogP contribution in [0.1, 0.15) is 77.6 Å². The Balaban J connectivity index is 1.71. The van der Waals surface area contributed by atoms with Crippen molar-refractivity contribution >= 4 is 0 Å². The summed E-state index contributed by atoms with van der Waals surface area (Å²) in [6, 6.07) is 0. The van der Waals surface area contributed by atoms with Gasteiger partial charge in [0.2, 0.25) is 0 Å². The number of unbranched alkanes of at least 4 members (excludes halogenated alkanes) is 10. The molecule has 2 heterocycles. The largest absolute Gasteiger partial charge is 0.394 e. The van der Waals surface area contributed by atoms with Crippen molar-refractivity contribution in [2.24, 2.45) is 0 Å². The highest BCUT2D eigenvalue weighted by Gasteiger charge is 2.50. The molecule has 11 nitrogen and oxygen atoms in total. The highest BCUT2D eigenvalue weighted by atomic mass is 16.7. The molecule has 2 aliphatic rings. The van der Waals surface area contributed by atoms with Crippen molar-refractivity contribution in [2.45, 2.75) is 139 Å². The highest BCUT2D eigenvalue weighted by Crippen LogP contribution is 2.29. The first-order valence-electron chi connectivity index (χ1n) is 13.6. The van der Waals surface area contributed by atoms with Gasteiger partial charge in [-0.25, -0.2) is 0 Å². The summed E-state index contributed by atoms with van der Waals surface area (Å²) in [5, 5.41) is 70.2. The molecule has 36 heavy (non-hydrogen) atoms. The molecule has 2 aliphatic heterocycles. The van der Waals surface area contributed by atoms with Gasteiger partial charge < -0.3 is 54.7 Å². The van der Waals surface area contributed by atoms with E-state index in [2.05, 4.69) is 6.92 Å². The molecule has 11 heteroatoms. The zero-order valence-electron chi connectivity index (χ0n) is 21.4. The minimum absolute atomic E-state index is 0.321. The Hall–Kier alpha value is -0.440. The molecule has 0 unspecified atom stereocenters. The molecule has 10 atom stereocenters. The van der Waals surface area contributed by atoms with E-state index in [1.165, 1.54) is 51.4 Å². The maximum Gasteiger partial charge on any atom is 0.187 e. The minimum atomic E-state index is -1.69. The van der Waals surface area contributed by atoms with Gasteiger partial charge in [-0.1, -0.05) is 71.1 Å². The molecule has 0 aromatic heterocycles. The normalized spacial score (nSPS) is 37.3. The Kier molecular flexibility index (Phi) is 15.2. The smallest absolute Gasteiger partial charge is 0.187 e. The van der Waals surface area contributed by atoms with Crippen LogP contribution in [0, 0.1) is 0 Å². The predicted molar refractivity (Wildman–Crippen MR) is 129 cm³/mol. The first-order chi connectivity index (χ1) is 17.3. The summed E-state index contributed by atoms with van der Waals surface area (Å²) in [7, 11) is 0. The predicted octanol–water partition coefficient (Wildman–Crippen LogP) is -0.0619. The van der Waals surface area contributed by atoms with E-state index in [4.69, 9.17) is 18.9 Å². The van der Waals surface area contributed by atoms with E-state index in [1.807, 2.05) is 0 Å². The first kappa shape index (κ1) is 31.8. The molecule has 0 aliphatic carbocycles. The number of aliphatic hydroxyl groups is 7. The van der Waals surface area contributed by atoms with Gasteiger partial charge in [0, 0.05) is 6.61 Å². The van der Waals surface area contributed by atoms with Gasteiger partial charge in [0.1, 0.15) is 48.8 Å². The molecular weight excluding hydrogens is 476 g/mol. The lowest BCUT2D eigenvalue weighted by Crippen LogP contribution is -2.64. The quantitative estimate of drug-likeness (QED) is 0.127. The molecule has 0 saturated carbocycles. The molecule has 0 radical (unpaired) electrons. The van der Waals surface area contributed by atoms with Gasteiger partial charge >= 0.3 is 0 Å². The second-order valence-electron chi connectivity index (χ2n) is 9.91. The minimum Gasteiger partial charge on any atom is -0.394 e. The van der Waals surface area contributed by atoms with Crippen LogP contribution in [0.25, 0.3) is 0 Å². The van der Waals surface area contributed by atoms with E-state index in [9.17, 15) is 35.7 Å². The maximum absolute atomic E-state index is 10.6. The molecule has 0 aromatic carbocycles. The zero-order chi connectivity index (χ0) is 26.5. The van der Waals surface area contributed by atoms with E-state index >= 15 is 0 Å². The van der Waals surface area contributed by atoms with E-state index in [-0.39, 0.29) is 0 Å². The molecule has 2 rings (SSSR count). The Morgan fingerprint density at radius 2 is 1.06 bits per heavy atom. The molecule has 0 bridgehead atoms. The SMILES string of the molecule is CCCCCCCCCCCCCO[C@H]1O[C@@H](CO)[C@@H](O[C@H]2O[C@@H](CO)[C@@H](O)[C@@H](O)[C@H]2O)[C@@H](O)[C@H]1O. The van der Waals surface area contributed by atoms with Crippen molar-refractivity contribution in [3.8, 4) is 0 Å². The van der Waals surface area contributed by atoms with E-state index in [0.717, 1.165) is 19.3 Å². The van der Waals surface area contributed by atoms with Gasteiger partial charge in [-0.2, -0.15) is 0 Å². The Labute approximate surface area is 214 Å². The molecule has 2 fully saturated rings. The van der Waals surface area contributed by atoms with Crippen LogP contribution in [0.4, 0.5) is 0 Å². The molecule has 0 amide bonds. The van der Waals surface area contributed by atoms with Crippen molar-refractivity contribution in [1.82, 2.24) is 0 Å². The lowest BCUT2D eigenvalue weighted by Gasteiger charge is -2.45. The lowest BCUT2D eigenvalue weighted by atomic mass is 9.97. The number of hydrogen-bond donors (Lipinski definition) is 7. The topological polar surface area (TPSA) is 179 Å². The number of rotatable bonds is 17. The summed E-state index contributed by atoms with van der Waals surface area (Å²) in [4.78, 5) is 0. The Morgan fingerprint density at radius 1 is 0.556 bits per heavy atom. The van der Waals surface area contributed by atoms with Crippen molar-refractivity contribution in [2.75, 3.05) is 19.8 Å². The third kappa shape index (κ3) is 9.39. The first-order valence-corrected chi connectivity index (χ1v) is 13.6. The second-order valence-corrected chi connectivity index (χ2v) is 9.91. The summed E-state index contributed by atoms with van der Waals surface area (Å²) in [6.45, 7) is 1.32. The summed E-state index contributed by atoms with van der Waals surface area (Å²) in [5.74, 6) is 0. The van der Waals surface area contributed by atoms with Gasteiger partial charge in [0.05, 0.1) is 13.2 Å². The molecule has 7 N–H and O–H groups in total. The second kappa shape index (κ2) is 17.2. The fourth-order valence-corrected chi connectivity index (χ4v) is 4.66. The van der Waals surface area contributed by atoms with Gasteiger partial charge in [-0.15, -0.1) is 0 Å². The van der Waals surface area contributed by atoms with Crippen LogP contribution in [0.3, 0.4) is 0 Å². The standard InChI is InChI=1S/C25H48O11/c1-2-3-4-5-6-7-8-9-10-11-12-13-33-24-22(32)20(30)23(17(15-27)35-24)36-25-21(31)19(29)18(28)16(14-26)34-25/h16-32H,2-15H2,1H3/t16-,17-,18+,19+,20-,21+,22+,23+,24-,25+/m0/s1. The van der Waals surface area contributed by atoms with Crippen LogP contribution in [0.2, 0.25) is 0 Å². The van der Waals surface area contributed by atoms with Crippen LogP contribution >= 0.6 is 0 Å². The van der Waals surface area contributed by atoms with Crippen molar-refractivity contribution in [1.29, 1.82) is 0 Å². The number of aliphatic hydroxyl groups excluding tert-OH is 7. The number of hydrogen-bond acceptors (Lipinski definition) is 11. The molecule has 2 saturated heterocycles. The van der Waals surface area contributed by atoms with Gasteiger partial charge in [-0.3, -0.25) is 0 Å². The van der Waals surface area contributed by atoms with Crippen LogP contribution in [0.15, 0.2) is 0 Å². The van der Waals surface area contributed by atoms with Crippen LogP contribution in [-0.4, -0.2) is 117 Å². The van der Waals surface area contributed by atoms with Crippen molar-refractivity contribution < 1.29 is 54.7 Å². The van der Waals surface area contributed by atoms with Gasteiger partial charge in [-0.05, 0) is 6.42 Å². The zero-order valence-corrected chi connectivity index (χ0v) is 21.4. The number of ether oxygens (including phenoxy) is 4. The molecule has 0 aromatic rings. The fourth-order valence-electron chi connectivity index (χ4n) is 4.66. The van der Waals surface area contributed by atoms with Gasteiger partial charge in [0.25, 0.3) is 0 Å². The van der Waals surface area contributed by atoms with Crippen LogP contribution in [0.5, 0.6) is 0 Å². The lowest BCUT2D eigenvalue weighted by molar-refractivity contribution is -0.359. The fraction of sp³-hybridized carbons (Fsp3) is 1.00. The maximum atomic E-state index is 10.6. The van der Waals surface area contributed by atoms with Crippen LogP contribution < -0.4 is 0 Å². The van der Waals surface area contributed by atoms with E-state index < -0.39 is 74.6 Å². The Morgan fingerprint density at radius 3 is 1.61 bits per heavy atom. The van der Waals surface area contributed by atoms with Crippen molar-refractivity contribution in [3.63, 3.8) is 0 Å². The highest BCUT2D eigenvalue weighted by molar-refractivity contribution is 4.94. The summed E-state index contributed by atoms with van der Waals surface area (Å²) in [5.41, 5.74) is 0. The van der Waals surface area contributed by atoms with Crippen molar-refractivity contribution in [3.05, 3.63) is 0 Å². The van der Waals surface area contributed by atoms with E-state index in [0.29, 0.717) is 6.61 Å². The van der Waals surface area contributed by atoms with Gasteiger partial charge in [0.15, 0.2) is 12.6 Å². The third-order valence-corrected chi connectivity index (χ3v) is 6.99. The monoisotopic (exact) mass is 524 g/mol. The molecule has 0 spiro atoms. The Bertz CT molecular complexity index is 564. The molecular formula is C25H48O11. The third-order valence-electron chi connectivity index (χ3n) is 6.99. The summed E-state index contributed by atoms with van der Waals surface area (Å²) < 4.78 is 22.1.